The molecule has 7 heteroatoms. The molecule has 6 nitrogen and oxygen atoms in total. The molecule has 0 N–H and O–H groups in total. The van der Waals surface area contributed by atoms with Crippen molar-refractivity contribution in [3.05, 3.63) is 57.2 Å². The van der Waals surface area contributed by atoms with Gasteiger partial charge < -0.3 is 18.6 Å². The van der Waals surface area contributed by atoms with Crippen molar-refractivity contribution in [3.8, 4) is 22.8 Å². The molecule has 0 atom stereocenters. The highest BCUT2D eigenvalue weighted by Crippen LogP contribution is 2.37. The number of carbonyl (C=O) groups excluding carboxylic acids is 1. The van der Waals surface area contributed by atoms with Crippen LogP contribution in [0.5, 0.6) is 11.5 Å². The number of carbonyl (C=O) groups is 1. The standard InChI is InChI=1S/C21H19ClO6/c1-12-9-18(25-2)14(10-17(12)27-8-7-20(24)26-3)19-11-16(23)13-5-4-6-15(22)21(13)28-19/h4-6,9-11H,7-8H2,1-3H3. The summed E-state index contributed by atoms with van der Waals surface area (Å²) in [5.74, 6) is 1.01. The Kier molecular flexibility index (Phi) is 5.90. The monoisotopic (exact) mass is 402 g/mol. The van der Waals surface area contributed by atoms with Gasteiger partial charge in [0.2, 0.25) is 0 Å². The summed E-state index contributed by atoms with van der Waals surface area (Å²) in [6.07, 6.45) is 0.123. The van der Waals surface area contributed by atoms with E-state index in [0.29, 0.717) is 38.8 Å². The molecular formula is C21H19ClO6. The number of halogens is 1. The van der Waals surface area contributed by atoms with Gasteiger partial charge in [-0.15, -0.1) is 0 Å². The van der Waals surface area contributed by atoms with Crippen LogP contribution < -0.4 is 14.9 Å². The van der Waals surface area contributed by atoms with Crippen LogP contribution in [0.15, 0.2) is 45.6 Å². The Morgan fingerprint density at radius 3 is 2.64 bits per heavy atom. The Labute approximate surface area is 166 Å². The Bertz CT molecular complexity index is 1090. The summed E-state index contributed by atoms with van der Waals surface area (Å²) in [6, 6.07) is 9.89. The van der Waals surface area contributed by atoms with Gasteiger partial charge in [-0.25, -0.2) is 0 Å². The van der Waals surface area contributed by atoms with E-state index in [-0.39, 0.29) is 24.4 Å². The summed E-state index contributed by atoms with van der Waals surface area (Å²) in [5.41, 5.74) is 1.45. The maximum Gasteiger partial charge on any atom is 0.308 e. The number of ether oxygens (including phenoxy) is 3. The van der Waals surface area contributed by atoms with Crippen LogP contribution in [0.2, 0.25) is 5.02 Å². The highest BCUT2D eigenvalue weighted by Gasteiger charge is 2.16. The van der Waals surface area contributed by atoms with E-state index >= 15 is 0 Å². The van der Waals surface area contributed by atoms with Crippen molar-refractivity contribution in [2.45, 2.75) is 13.3 Å². The number of aryl methyl sites for hydroxylation is 1. The fourth-order valence-corrected chi connectivity index (χ4v) is 3.01. The number of rotatable bonds is 6. The van der Waals surface area contributed by atoms with Gasteiger partial charge in [0, 0.05) is 6.07 Å². The molecule has 3 rings (SSSR count). The molecule has 28 heavy (non-hydrogen) atoms. The van der Waals surface area contributed by atoms with Crippen molar-refractivity contribution in [1.29, 1.82) is 0 Å². The molecule has 0 saturated carbocycles. The molecule has 3 aromatic rings. The lowest BCUT2D eigenvalue weighted by Crippen LogP contribution is -2.08. The summed E-state index contributed by atoms with van der Waals surface area (Å²) >= 11 is 6.20. The van der Waals surface area contributed by atoms with Gasteiger partial charge in [-0.2, -0.15) is 0 Å². The van der Waals surface area contributed by atoms with Gasteiger partial charge in [0.15, 0.2) is 11.0 Å². The van der Waals surface area contributed by atoms with Crippen LogP contribution >= 0.6 is 11.6 Å². The van der Waals surface area contributed by atoms with Crippen LogP contribution in [-0.2, 0) is 9.53 Å². The third kappa shape index (κ3) is 3.97. The van der Waals surface area contributed by atoms with Gasteiger partial charge in [0.1, 0.15) is 17.3 Å². The summed E-state index contributed by atoms with van der Waals surface area (Å²) in [7, 11) is 2.86. The molecule has 0 radical (unpaired) electrons. The first-order chi connectivity index (χ1) is 13.4. The van der Waals surface area contributed by atoms with Gasteiger partial charge in [0.05, 0.1) is 43.2 Å². The van der Waals surface area contributed by atoms with E-state index in [4.69, 9.17) is 25.5 Å². The Hall–Kier alpha value is -2.99. The van der Waals surface area contributed by atoms with Crippen molar-refractivity contribution in [3.63, 3.8) is 0 Å². The molecule has 0 saturated heterocycles. The maximum atomic E-state index is 12.5. The third-order valence-corrected chi connectivity index (χ3v) is 4.56. The van der Waals surface area contributed by atoms with E-state index in [2.05, 4.69) is 4.74 Å². The Morgan fingerprint density at radius 1 is 1.14 bits per heavy atom. The minimum Gasteiger partial charge on any atom is -0.496 e. The molecule has 0 spiro atoms. The van der Waals surface area contributed by atoms with Crippen molar-refractivity contribution in [2.75, 3.05) is 20.8 Å². The summed E-state index contributed by atoms with van der Waals surface area (Å²) in [5, 5.41) is 0.744. The largest absolute Gasteiger partial charge is 0.496 e. The van der Waals surface area contributed by atoms with Crippen molar-refractivity contribution in [2.24, 2.45) is 0 Å². The quantitative estimate of drug-likeness (QED) is 0.570. The molecule has 1 aromatic heterocycles. The SMILES string of the molecule is COC(=O)CCOc1cc(-c2cc(=O)c3cccc(Cl)c3o2)c(OC)cc1C. The first kappa shape index (κ1) is 19.8. The molecule has 0 fully saturated rings. The number of hydrogen-bond acceptors (Lipinski definition) is 6. The average molecular weight is 403 g/mol. The fraction of sp³-hybridized carbons (Fsp3) is 0.238. The van der Waals surface area contributed by atoms with Crippen molar-refractivity contribution < 1.29 is 23.4 Å². The van der Waals surface area contributed by atoms with Crippen LogP contribution in [0, 0.1) is 6.92 Å². The van der Waals surface area contributed by atoms with Gasteiger partial charge in [-0.3, -0.25) is 9.59 Å². The first-order valence-electron chi connectivity index (χ1n) is 8.55. The van der Waals surface area contributed by atoms with E-state index < -0.39 is 0 Å². The number of para-hydroxylation sites is 1. The minimum absolute atomic E-state index is 0.123. The molecule has 0 bridgehead atoms. The zero-order valence-corrected chi connectivity index (χ0v) is 16.5. The topological polar surface area (TPSA) is 75.0 Å². The predicted octanol–water partition coefficient (Wildman–Crippen LogP) is 4.37. The molecule has 1 heterocycles. The molecule has 146 valence electrons. The highest BCUT2D eigenvalue weighted by atomic mass is 35.5. The van der Waals surface area contributed by atoms with E-state index in [9.17, 15) is 9.59 Å². The molecule has 0 aliphatic heterocycles. The molecule has 0 amide bonds. The fourth-order valence-electron chi connectivity index (χ4n) is 2.80. The van der Waals surface area contributed by atoms with Crippen LogP contribution in [0.3, 0.4) is 0 Å². The van der Waals surface area contributed by atoms with Gasteiger partial charge in [0.25, 0.3) is 0 Å². The molecule has 0 unspecified atom stereocenters. The number of benzene rings is 2. The van der Waals surface area contributed by atoms with Crippen LogP contribution in [-0.4, -0.2) is 26.8 Å². The normalized spacial score (nSPS) is 10.7. The number of fused-ring (bicyclic) bond motifs is 1. The molecule has 2 aromatic carbocycles. The zero-order chi connectivity index (χ0) is 20.3. The van der Waals surface area contributed by atoms with Gasteiger partial charge in [-0.1, -0.05) is 17.7 Å². The second kappa shape index (κ2) is 8.35. The maximum absolute atomic E-state index is 12.5. The lowest BCUT2D eigenvalue weighted by molar-refractivity contribution is -0.141. The van der Waals surface area contributed by atoms with Crippen LogP contribution in [0.25, 0.3) is 22.3 Å². The highest BCUT2D eigenvalue weighted by molar-refractivity contribution is 6.34. The van der Waals surface area contributed by atoms with Crippen molar-refractivity contribution >= 4 is 28.5 Å². The first-order valence-corrected chi connectivity index (χ1v) is 8.93. The number of methoxy groups -OCH3 is 2. The summed E-state index contributed by atoms with van der Waals surface area (Å²) < 4.78 is 21.7. The van der Waals surface area contributed by atoms with E-state index in [1.54, 1.807) is 30.3 Å². The van der Waals surface area contributed by atoms with E-state index in [1.807, 2.05) is 6.92 Å². The average Bonchev–Trinajstić information content (AvgIpc) is 2.69. The smallest absolute Gasteiger partial charge is 0.308 e. The van der Waals surface area contributed by atoms with Gasteiger partial charge in [-0.05, 0) is 36.8 Å². The predicted molar refractivity (Wildman–Crippen MR) is 106 cm³/mol. The second-order valence-corrected chi connectivity index (χ2v) is 6.49. The molecule has 0 aliphatic carbocycles. The minimum atomic E-state index is -0.360. The van der Waals surface area contributed by atoms with Gasteiger partial charge >= 0.3 is 5.97 Å². The molecular weight excluding hydrogens is 384 g/mol. The Morgan fingerprint density at radius 2 is 1.93 bits per heavy atom. The van der Waals surface area contributed by atoms with Crippen molar-refractivity contribution in [1.82, 2.24) is 0 Å². The Balaban J connectivity index is 2.06. The lowest BCUT2D eigenvalue weighted by Gasteiger charge is -2.14. The lowest BCUT2D eigenvalue weighted by atomic mass is 10.1. The molecule has 0 aliphatic rings. The van der Waals surface area contributed by atoms with E-state index in [0.717, 1.165) is 5.56 Å². The second-order valence-electron chi connectivity index (χ2n) is 6.08. The summed E-state index contributed by atoms with van der Waals surface area (Å²) in [6.45, 7) is 2.01. The van der Waals surface area contributed by atoms with Crippen LogP contribution in [0.4, 0.5) is 0 Å². The summed E-state index contributed by atoms with van der Waals surface area (Å²) in [4.78, 5) is 23.8. The van der Waals surface area contributed by atoms with Crippen LogP contribution in [0.1, 0.15) is 12.0 Å². The zero-order valence-electron chi connectivity index (χ0n) is 15.7. The number of esters is 1. The van der Waals surface area contributed by atoms with E-state index in [1.165, 1.54) is 20.3 Å². The third-order valence-electron chi connectivity index (χ3n) is 4.26. The number of hydrogen-bond donors (Lipinski definition) is 0.